The van der Waals surface area contributed by atoms with E-state index in [-0.39, 0.29) is 11.1 Å². The zero-order valence-electron chi connectivity index (χ0n) is 11.8. The highest BCUT2D eigenvalue weighted by atomic mass is 16.1. The predicted octanol–water partition coefficient (Wildman–Crippen LogP) is 0.354. The minimum atomic E-state index is -0.547. The Bertz CT molecular complexity index is 478. The van der Waals surface area contributed by atoms with Crippen molar-refractivity contribution in [3.63, 3.8) is 0 Å². The van der Waals surface area contributed by atoms with Gasteiger partial charge in [0.1, 0.15) is 11.5 Å². The second kappa shape index (κ2) is 5.13. The van der Waals surface area contributed by atoms with Gasteiger partial charge in [0.15, 0.2) is 0 Å². The average molecular weight is 263 g/mol. The van der Waals surface area contributed by atoms with Crippen molar-refractivity contribution in [2.24, 2.45) is 11.1 Å². The molecule has 6 heteroatoms. The highest BCUT2D eigenvalue weighted by molar-refractivity contribution is 5.90. The number of anilines is 1. The molecule has 1 aliphatic rings. The minimum absolute atomic E-state index is 0.207. The van der Waals surface area contributed by atoms with E-state index in [4.69, 9.17) is 5.73 Å². The van der Waals surface area contributed by atoms with Crippen molar-refractivity contribution >= 4 is 11.7 Å². The third-order valence-corrected chi connectivity index (χ3v) is 3.63. The molecular formula is C13H21N5O. The molecule has 0 radical (unpaired) electrons. The van der Waals surface area contributed by atoms with Crippen LogP contribution in [0, 0.1) is 5.41 Å². The fourth-order valence-corrected chi connectivity index (χ4v) is 2.71. The van der Waals surface area contributed by atoms with Gasteiger partial charge in [-0.05, 0) is 25.4 Å². The molecule has 0 aliphatic carbocycles. The lowest BCUT2D eigenvalue weighted by Crippen LogP contribution is -2.36. The molecular weight excluding hydrogens is 242 g/mol. The molecule has 6 nitrogen and oxygen atoms in total. The zero-order chi connectivity index (χ0) is 14.0. The number of amides is 1. The van der Waals surface area contributed by atoms with E-state index in [2.05, 4.69) is 28.8 Å². The molecule has 1 aliphatic heterocycles. The maximum absolute atomic E-state index is 11.1. The van der Waals surface area contributed by atoms with Crippen LogP contribution < -0.4 is 10.6 Å². The molecule has 0 unspecified atom stereocenters. The van der Waals surface area contributed by atoms with Crippen molar-refractivity contribution in [2.45, 2.75) is 13.3 Å². The van der Waals surface area contributed by atoms with Crippen LogP contribution in [0.3, 0.4) is 0 Å². The zero-order valence-corrected chi connectivity index (χ0v) is 11.8. The molecule has 1 fully saturated rings. The molecule has 1 aromatic heterocycles. The maximum atomic E-state index is 11.1. The van der Waals surface area contributed by atoms with E-state index in [0.29, 0.717) is 5.82 Å². The van der Waals surface area contributed by atoms with Crippen LogP contribution in [0.1, 0.15) is 23.8 Å². The fraction of sp³-hybridized carbons (Fsp3) is 0.615. The first-order chi connectivity index (χ1) is 8.89. The number of nitrogens with two attached hydrogens (primary N) is 1. The number of nitrogens with zero attached hydrogens (tertiary/aromatic N) is 4. The van der Waals surface area contributed by atoms with Crippen molar-refractivity contribution in [2.75, 3.05) is 38.6 Å². The van der Waals surface area contributed by atoms with Crippen LogP contribution in [0.5, 0.6) is 0 Å². The van der Waals surface area contributed by atoms with Crippen LogP contribution in [0.25, 0.3) is 0 Å². The first-order valence-corrected chi connectivity index (χ1v) is 6.41. The van der Waals surface area contributed by atoms with Gasteiger partial charge in [0.25, 0.3) is 5.91 Å². The summed E-state index contributed by atoms with van der Waals surface area (Å²) in [5.74, 6) is 0.140. The lowest BCUT2D eigenvalue weighted by atomic mass is 9.89. The SMILES string of the molecule is CN1CC[C@](C)(CN(C)c2cncc(C(N)=O)n2)C1. The summed E-state index contributed by atoms with van der Waals surface area (Å²) in [4.78, 5) is 23.8. The molecule has 2 N–H and O–H groups in total. The van der Waals surface area contributed by atoms with Crippen LogP contribution in [-0.4, -0.2) is 54.5 Å². The van der Waals surface area contributed by atoms with Crippen molar-refractivity contribution in [3.8, 4) is 0 Å². The summed E-state index contributed by atoms with van der Waals surface area (Å²) in [6.45, 7) is 5.35. The van der Waals surface area contributed by atoms with E-state index in [9.17, 15) is 4.79 Å². The molecule has 1 amide bonds. The summed E-state index contributed by atoms with van der Waals surface area (Å²) in [5.41, 5.74) is 5.67. The van der Waals surface area contributed by atoms with E-state index in [0.717, 1.165) is 26.1 Å². The molecule has 19 heavy (non-hydrogen) atoms. The van der Waals surface area contributed by atoms with Crippen molar-refractivity contribution in [3.05, 3.63) is 18.1 Å². The number of primary amides is 1. The Hall–Kier alpha value is -1.69. The van der Waals surface area contributed by atoms with Gasteiger partial charge >= 0.3 is 0 Å². The third kappa shape index (κ3) is 3.20. The quantitative estimate of drug-likeness (QED) is 0.848. The highest BCUT2D eigenvalue weighted by Crippen LogP contribution is 2.30. The van der Waals surface area contributed by atoms with Gasteiger partial charge in [-0.2, -0.15) is 0 Å². The lowest BCUT2D eigenvalue weighted by molar-refractivity contribution is 0.0995. The van der Waals surface area contributed by atoms with E-state index < -0.39 is 5.91 Å². The fourth-order valence-electron chi connectivity index (χ4n) is 2.71. The molecule has 0 spiro atoms. The van der Waals surface area contributed by atoms with Crippen LogP contribution in [0.4, 0.5) is 5.82 Å². The minimum Gasteiger partial charge on any atom is -0.364 e. The Morgan fingerprint density at radius 2 is 2.32 bits per heavy atom. The Labute approximate surface area is 113 Å². The van der Waals surface area contributed by atoms with Crippen LogP contribution >= 0.6 is 0 Å². The topological polar surface area (TPSA) is 75.3 Å². The Morgan fingerprint density at radius 1 is 1.58 bits per heavy atom. The van der Waals surface area contributed by atoms with Crippen molar-refractivity contribution in [1.82, 2.24) is 14.9 Å². The summed E-state index contributed by atoms with van der Waals surface area (Å²) in [5, 5.41) is 0. The summed E-state index contributed by atoms with van der Waals surface area (Å²) < 4.78 is 0. The van der Waals surface area contributed by atoms with Gasteiger partial charge in [0, 0.05) is 20.1 Å². The van der Waals surface area contributed by atoms with E-state index >= 15 is 0 Å². The molecule has 0 bridgehead atoms. The molecule has 2 heterocycles. The monoisotopic (exact) mass is 263 g/mol. The molecule has 1 atom stereocenters. The summed E-state index contributed by atoms with van der Waals surface area (Å²) in [7, 11) is 4.11. The lowest BCUT2D eigenvalue weighted by Gasteiger charge is -2.30. The second-order valence-electron chi connectivity index (χ2n) is 5.78. The smallest absolute Gasteiger partial charge is 0.268 e. The second-order valence-corrected chi connectivity index (χ2v) is 5.78. The molecule has 0 saturated carbocycles. The number of carbonyl (C=O) groups excluding carboxylic acids is 1. The maximum Gasteiger partial charge on any atom is 0.268 e. The number of rotatable bonds is 4. The van der Waals surface area contributed by atoms with E-state index in [1.807, 2.05) is 11.9 Å². The van der Waals surface area contributed by atoms with Gasteiger partial charge < -0.3 is 15.5 Å². The number of hydrogen-bond acceptors (Lipinski definition) is 5. The largest absolute Gasteiger partial charge is 0.364 e. The number of likely N-dealkylation sites (tertiary alicyclic amines) is 1. The molecule has 0 aromatic carbocycles. The summed E-state index contributed by atoms with van der Waals surface area (Å²) in [6.07, 6.45) is 4.22. The Balaban J connectivity index is 2.09. The van der Waals surface area contributed by atoms with Crippen LogP contribution in [0.15, 0.2) is 12.4 Å². The normalized spacial score (nSPS) is 23.5. The first-order valence-electron chi connectivity index (χ1n) is 6.41. The van der Waals surface area contributed by atoms with Gasteiger partial charge in [-0.15, -0.1) is 0 Å². The van der Waals surface area contributed by atoms with Gasteiger partial charge in [0.05, 0.1) is 12.4 Å². The van der Waals surface area contributed by atoms with Gasteiger partial charge in [-0.3, -0.25) is 9.78 Å². The Morgan fingerprint density at radius 3 is 2.89 bits per heavy atom. The molecule has 1 saturated heterocycles. The molecule has 2 rings (SSSR count). The number of hydrogen-bond donors (Lipinski definition) is 1. The third-order valence-electron chi connectivity index (χ3n) is 3.63. The average Bonchev–Trinajstić information content (AvgIpc) is 2.69. The molecule has 1 aromatic rings. The Kier molecular flexibility index (Phi) is 3.71. The van der Waals surface area contributed by atoms with E-state index in [1.165, 1.54) is 6.20 Å². The van der Waals surface area contributed by atoms with Gasteiger partial charge in [-0.25, -0.2) is 4.98 Å². The van der Waals surface area contributed by atoms with Crippen LogP contribution in [-0.2, 0) is 0 Å². The van der Waals surface area contributed by atoms with Crippen molar-refractivity contribution in [1.29, 1.82) is 0 Å². The molecule has 104 valence electrons. The van der Waals surface area contributed by atoms with Crippen molar-refractivity contribution < 1.29 is 4.79 Å². The predicted molar refractivity (Wildman–Crippen MR) is 74.0 cm³/mol. The first kappa shape index (κ1) is 13.7. The highest BCUT2D eigenvalue weighted by Gasteiger charge is 2.33. The summed E-state index contributed by atoms with van der Waals surface area (Å²) in [6, 6.07) is 0. The number of carbonyl (C=O) groups is 1. The van der Waals surface area contributed by atoms with Crippen LogP contribution in [0.2, 0.25) is 0 Å². The van der Waals surface area contributed by atoms with Gasteiger partial charge in [-0.1, -0.05) is 6.92 Å². The number of aromatic nitrogens is 2. The van der Waals surface area contributed by atoms with E-state index in [1.54, 1.807) is 6.20 Å². The summed E-state index contributed by atoms with van der Waals surface area (Å²) >= 11 is 0. The van der Waals surface area contributed by atoms with Gasteiger partial charge in [0.2, 0.25) is 0 Å². The standard InChI is InChI=1S/C13H21N5O/c1-13(4-5-17(2)8-13)9-18(3)11-7-15-6-10(16-11)12(14)19/h6-7H,4-5,8-9H2,1-3H3,(H2,14,19)/t13-/m0/s1.